The Morgan fingerprint density at radius 3 is 2.65 bits per heavy atom. The highest BCUT2D eigenvalue weighted by Crippen LogP contribution is 2.32. The van der Waals surface area contributed by atoms with Crippen LogP contribution < -0.4 is 14.8 Å². The average Bonchev–Trinajstić information content (AvgIpc) is 3.20. The second-order valence-corrected chi connectivity index (χ2v) is 9.77. The smallest absolute Gasteiger partial charge is 0.309 e. The Hall–Kier alpha value is -3.76. The maximum absolute atomic E-state index is 12.4. The third kappa shape index (κ3) is 6.72. The fourth-order valence-electron chi connectivity index (χ4n) is 4.24. The van der Waals surface area contributed by atoms with E-state index in [0.717, 1.165) is 19.3 Å². The normalized spacial score (nSPS) is 17.6. The van der Waals surface area contributed by atoms with Gasteiger partial charge in [-0.25, -0.2) is 15.0 Å². The van der Waals surface area contributed by atoms with Crippen LogP contribution in [0.5, 0.6) is 11.6 Å². The summed E-state index contributed by atoms with van der Waals surface area (Å²) in [6.45, 7) is 9.49. The minimum absolute atomic E-state index is 0.000444. The summed E-state index contributed by atoms with van der Waals surface area (Å²) in [5.41, 5.74) is 1.40. The van der Waals surface area contributed by atoms with Crippen LogP contribution in [-0.4, -0.2) is 54.0 Å². The van der Waals surface area contributed by atoms with Gasteiger partial charge in [-0.1, -0.05) is 0 Å². The molecule has 3 heterocycles. The average molecular weight is 510 g/mol. The molecule has 1 aliphatic rings. The van der Waals surface area contributed by atoms with Crippen molar-refractivity contribution in [3.8, 4) is 23.0 Å². The van der Waals surface area contributed by atoms with Gasteiger partial charge in [0.05, 0.1) is 47.9 Å². The number of aromatic nitrogens is 6. The molecule has 11 heteroatoms. The number of nitrogens with one attached hydrogen (secondary N) is 1. The maximum atomic E-state index is 12.4. The Kier molecular flexibility index (Phi) is 8.20. The van der Waals surface area contributed by atoms with Gasteiger partial charge in [0.2, 0.25) is 11.8 Å². The van der Waals surface area contributed by atoms with Crippen LogP contribution in [0.25, 0.3) is 11.4 Å². The SMILES string of the molecule is Cc1nc(-c2cnn(C)c2Nc2nccc(OC(C)C)n2)ncc1O[C@H]1CCC[C@H](C(=O)OC(C)C)C1. The van der Waals surface area contributed by atoms with Gasteiger partial charge in [-0.15, -0.1) is 0 Å². The van der Waals surface area contributed by atoms with Gasteiger partial charge in [0.15, 0.2) is 11.6 Å². The highest BCUT2D eigenvalue weighted by atomic mass is 16.5. The number of carbonyl (C=O) groups is 1. The first-order valence-electron chi connectivity index (χ1n) is 12.7. The van der Waals surface area contributed by atoms with Crippen molar-refractivity contribution >= 4 is 17.7 Å². The lowest BCUT2D eigenvalue weighted by Gasteiger charge is -2.29. The third-order valence-electron chi connectivity index (χ3n) is 5.94. The van der Waals surface area contributed by atoms with E-state index in [1.54, 1.807) is 29.3 Å². The molecule has 0 unspecified atom stereocenters. The van der Waals surface area contributed by atoms with Gasteiger partial charge in [-0.2, -0.15) is 10.1 Å². The van der Waals surface area contributed by atoms with E-state index in [0.29, 0.717) is 46.9 Å². The van der Waals surface area contributed by atoms with E-state index < -0.39 is 0 Å². The number of rotatable bonds is 9. The summed E-state index contributed by atoms with van der Waals surface area (Å²) >= 11 is 0. The molecule has 1 aliphatic carbocycles. The highest BCUT2D eigenvalue weighted by molar-refractivity contribution is 5.73. The van der Waals surface area contributed by atoms with Crippen LogP contribution in [0.1, 0.15) is 59.1 Å². The molecule has 0 amide bonds. The number of nitrogens with zero attached hydrogens (tertiary/aromatic N) is 6. The molecule has 0 saturated heterocycles. The molecule has 37 heavy (non-hydrogen) atoms. The molecule has 0 bridgehead atoms. The molecule has 1 N–H and O–H groups in total. The first-order chi connectivity index (χ1) is 17.7. The van der Waals surface area contributed by atoms with Gasteiger partial charge in [-0.3, -0.25) is 9.48 Å². The van der Waals surface area contributed by atoms with E-state index in [9.17, 15) is 4.79 Å². The number of carbonyl (C=O) groups excluding carboxylic acids is 1. The molecule has 11 nitrogen and oxygen atoms in total. The second kappa shape index (κ2) is 11.5. The number of hydrogen-bond donors (Lipinski definition) is 1. The zero-order valence-corrected chi connectivity index (χ0v) is 22.3. The summed E-state index contributed by atoms with van der Waals surface area (Å²) in [5.74, 6) is 2.32. The molecule has 3 aromatic heterocycles. The first kappa shape index (κ1) is 26.3. The van der Waals surface area contributed by atoms with Gasteiger partial charge >= 0.3 is 5.97 Å². The first-order valence-corrected chi connectivity index (χ1v) is 12.7. The zero-order chi connectivity index (χ0) is 26.5. The summed E-state index contributed by atoms with van der Waals surface area (Å²) in [7, 11) is 1.81. The van der Waals surface area contributed by atoms with Crippen molar-refractivity contribution in [3.05, 3.63) is 30.4 Å². The van der Waals surface area contributed by atoms with Crippen LogP contribution in [-0.2, 0) is 16.6 Å². The van der Waals surface area contributed by atoms with Crippen molar-refractivity contribution in [2.24, 2.45) is 13.0 Å². The minimum Gasteiger partial charge on any atom is -0.487 e. The molecule has 4 rings (SSSR count). The van der Waals surface area contributed by atoms with Crippen LogP contribution in [0.15, 0.2) is 24.7 Å². The van der Waals surface area contributed by atoms with E-state index in [-0.39, 0.29) is 30.2 Å². The van der Waals surface area contributed by atoms with Crippen LogP contribution in [0.2, 0.25) is 0 Å². The molecule has 1 saturated carbocycles. The van der Waals surface area contributed by atoms with Gasteiger partial charge in [0, 0.05) is 19.3 Å². The van der Waals surface area contributed by atoms with Crippen molar-refractivity contribution in [1.82, 2.24) is 29.7 Å². The summed E-state index contributed by atoms with van der Waals surface area (Å²) in [6, 6.07) is 1.71. The Balaban J connectivity index is 1.48. The lowest BCUT2D eigenvalue weighted by Crippen LogP contribution is -2.32. The van der Waals surface area contributed by atoms with Gasteiger partial charge in [0.1, 0.15) is 5.82 Å². The van der Waals surface area contributed by atoms with E-state index in [2.05, 4.69) is 30.4 Å². The lowest BCUT2D eigenvalue weighted by atomic mass is 9.87. The molecule has 0 aliphatic heterocycles. The predicted octanol–water partition coefficient (Wildman–Crippen LogP) is 4.40. The van der Waals surface area contributed by atoms with Crippen LogP contribution in [0, 0.1) is 12.8 Å². The molecule has 0 aromatic carbocycles. The summed E-state index contributed by atoms with van der Waals surface area (Å²) in [5, 5.41) is 7.57. The molecule has 2 atom stereocenters. The Morgan fingerprint density at radius 1 is 1.11 bits per heavy atom. The Labute approximate surface area is 217 Å². The van der Waals surface area contributed by atoms with Crippen molar-refractivity contribution < 1.29 is 19.0 Å². The van der Waals surface area contributed by atoms with Gasteiger partial charge in [-0.05, 0) is 60.3 Å². The highest BCUT2D eigenvalue weighted by Gasteiger charge is 2.30. The predicted molar refractivity (Wildman–Crippen MR) is 138 cm³/mol. The quantitative estimate of drug-likeness (QED) is 0.415. The second-order valence-electron chi connectivity index (χ2n) is 9.77. The third-order valence-corrected chi connectivity index (χ3v) is 5.94. The monoisotopic (exact) mass is 509 g/mol. The molecule has 1 fully saturated rings. The van der Waals surface area contributed by atoms with E-state index in [1.165, 1.54) is 0 Å². The molecule has 0 radical (unpaired) electrons. The standard InChI is InChI=1S/C26H35N7O4/c1-15(2)35-22-10-11-27-26(31-22)32-24-20(13-29-33(24)6)23-28-14-21(17(5)30-23)37-19-9-7-8-18(12-19)25(34)36-16(3)4/h10-11,13-16,18-19H,7-9,12H2,1-6H3,(H,27,31,32)/t18-,19-/m0/s1. The van der Waals surface area contributed by atoms with Crippen molar-refractivity contribution in [2.45, 2.75) is 78.6 Å². The molecule has 3 aromatic rings. The van der Waals surface area contributed by atoms with E-state index in [4.69, 9.17) is 14.2 Å². The number of esters is 1. The Bertz CT molecular complexity index is 1230. The largest absolute Gasteiger partial charge is 0.487 e. The maximum Gasteiger partial charge on any atom is 0.309 e. The fraction of sp³-hybridized carbons (Fsp3) is 0.538. The van der Waals surface area contributed by atoms with Crippen molar-refractivity contribution in [3.63, 3.8) is 0 Å². The number of ether oxygens (including phenoxy) is 3. The summed E-state index contributed by atoms with van der Waals surface area (Å²) in [4.78, 5) is 30.3. The zero-order valence-electron chi connectivity index (χ0n) is 22.3. The lowest BCUT2D eigenvalue weighted by molar-refractivity contribution is -0.154. The van der Waals surface area contributed by atoms with E-state index in [1.807, 2.05) is 41.7 Å². The van der Waals surface area contributed by atoms with Gasteiger partial charge in [0.25, 0.3) is 0 Å². The van der Waals surface area contributed by atoms with Crippen LogP contribution >= 0.6 is 0 Å². The van der Waals surface area contributed by atoms with Crippen molar-refractivity contribution in [2.75, 3.05) is 5.32 Å². The molecule has 0 spiro atoms. The molecular formula is C26H35N7O4. The Morgan fingerprint density at radius 2 is 1.92 bits per heavy atom. The van der Waals surface area contributed by atoms with Crippen molar-refractivity contribution in [1.29, 1.82) is 0 Å². The molecular weight excluding hydrogens is 474 g/mol. The van der Waals surface area contributed by atoms with E-state index >= 15 is 0 Å². The van der Waals surface area contributed by atoms with Gasteiger partial charge < -0.3 is 19.5 Å². The fourth-order valence-corrected chi connectivity index (χ4v) is 4.24. The minimum atomic E-state index is -0.145. The number of hydrogen-bond acceptors (Lipinski definition) is 10. The van der Waals surface area contributed by atoms with Crippen LogP contribution in [0.3, 0.4) is 0 Å². The van der Waals surface area contributed by atoms with Crippen LogP contribution in [0.4, 0.5) is 11.8 Å². The summed E-state index contributed by atoms with van der Waals surface area (Å²) in [6.07, 6.45) is 8.05. The summed E-state index contributed by atoms with van der Waals surface area (Å²) < 4.78 is 19.0. The topological polar surface area (TPSA) is 126 Å². The number of aryl methyl sites for hydroxylation is 2. The number of anilines is 2. The molecule has 198 valence electrons.